The summed E-state index contributed by atoms with van der Waals surface area (Å²) in [5.41, 5.74) is 2.67. The Morgan fingerprint density at radius 3 is 2.88 bits per heavy atom. The van der Waals surface area contributed by atoms with Gasteiger partial charge in [0.2, 0.25) is 0 Å². The summed E-state index contributed by atoms with van der Waals surface area (Å²) in [5, 5.41) is 15.5. The number of benzene rings is 2. The van der Waals surface area contributed by atoms with Gasteiger partial charge in [0.15, 0.2) is 0 Å². The standard InChI is InChI=1S/C18H14BrClN2O2/c19-11-4-1-3-10(9-11)17-13-6-2-5-12(13)16-15(22(23)24)8-7-14(20)18(16)21-17/h1-5,7-9,12-13,17,21H,6H2/t12-,13-,17-/m1/s1. The highest BCUT2D eigenvalue weighted by atomic mass is 79.9. The van der Waals surface area contributed by atoms with Gasteiger partial charge in [0.1, 0.15) is 0 Å². The minimum absolute atomic E-state index is 0.00401. The molecule has 0 saturated heterocycles. The highest BCUT2D eigenvalue weighted by Gasteiger charge is 2.42. The SMILES string of the molecule is O=[N+]([O-])c1ccc(Cl)c2c1[C@@H]1C=CC[C@H]1[C@@H](c1cccc(Br)c1)N2. The van der Waals surface area contributed by atoms with Gasteiger partial charge in [-0.2, -0.15) is 0 Å². The molecule has 3 atom stereocenters. The molecular formula is C18H14BrClN2O2. The van der Waals surface area contributed by atoms with E-state index in [0.717, 1.165) is 16.5 Å². The number of nitro groups is 1. The van der Waals surface area contributed by atoms with Gasteiger partial charge in [-0.05, 0) is 36.1 Å². The molecule has 1 heterocycles. The zero-order valence-electron chi connectivity index (χ0n) is 12.6. The molecule has 0 saturated carbocycles. The Balaban J connectivity index is 1.88. The summed E-state index contributed by atoms with van der Waals surface area (Å²) in [6.45, 7) is 0. The van der Waals surface area contributed by atoms with Gasteiger partial charge in [0.25, 0.3) is 5.69 Å². The molecule has 0 unspecified atom stereocenters. The molecule has 0 aromatic heterocycles. The van der Waals surface area contributed by atoms with Gasteiger partial charge < -0.3 is 5.32 Å². The van der Waals surface area contributed by atoms with Crippen LogP contribution in [0.15, 0.2) is 53.0 Å². The molecule has 2 aromatic rings. The van der Waals surface area contributed by atoms with Crippen molar-refractivity contribution in [2.75, 3.05) is 5.32 Å². The molecule has 122 valence electrons. The van der Waals surface area contributed by atoms with Crippen LogP contribution in [0.5, 0.6) is 0 Å². The smallest absolute Gasteiger partial charge is 0.275 e. The topological polar surface area (TPSA) is 55.2 Å². The first-order valence-electron chi connectivity index (χ1n) is 7.71. The zero-order chi connectivity index (χ0) is 16.8. The van der Waals surface area contributed by atoms with Crippen molar-refractivity contribution >= 4 is 38.9 Å². The molecule has 0 amide bonds. The molecule has 1 aliphatic carbocycles. The Hall–Kier alpha value is -1.85. The van der Waals surface area contributed by atoms with Crippen LogP contribution in [0.4, 0.5) is 11.4 Å². The predicted molar refractivity (Wildman–Crippen MR) is 98.6 cm³/mol. The van der Waals surface area contributed by atoms with Gasteiger partial charge >= 0.3 is 0 Å². The third kappa shape index (κ3) is 2.43. The van der Waals surface area contributed by atoms with E-state index in [2.05, 4.69) is 45.5 Å². The van der Waals surface area contributed by atoms with E-state index in [-0.39, 0.29) is 28.5 Å². The summed E-state index contributed by atoms with van der Waals surface area (Å²) < 4.78 is 1.01. The van der Waals surface area contributed by atoms with Gasteiger partial charge in [-0.1, -0.05) is 51.8 Å². The Kier molecular flexibility index (Phi) is 3.85. The Morgan fingerprint density at radius 2 is 2.12 bits per heavy atom. The lowest BCUT2D eigenvalue weighted by Crippen LogP contribution is -2.29. The summed E-state index contributed by atoms with van der Waals surface area (Å²) in [4.78, 5) is 11.2. The summed E-state index contributed by atoms with van der Waals surface area (Å²) in [6.07, 6.45) is 5.08. The first kappa shape index (κ1) is 15.7. The van der Waals surface area contributed by atoms with Crippen molar-refractivity contribution in [1.29, 1.82) is 0 Å². The van der Waals surface area contributed by atoms with Crippen molar-refractivity contribution in [3.05, 3.63) is 79.3 Å². The Morgan fingerprint density at radius 1 is 1.29 bits per heavy atom. The lowest BCUT2D eigenvalue weighted by atomic mass is 9.76. The van der Waals surface area contributed by atoms with E-state index in [1.54, 1.807) is 6.07 Å². The maximum atomic E-state index is 11.5. The van der Waals surface area contributed by atoms with Crippen molar-refractivity contribution in [2.24, 2.45) is 5.92 Å². The number of nitrogens with one attached hydrogen (secondary N) is 1. The fraction of sp³-hybridized carbons (Fsp3) is 0.222. The van der Waals surface area contributed by atoms with E-state index in [1.165, 1.54) is 6.07 Å². The van der Waals surface area contributed by atoms with Crippen LogP contribution in [0.2, 0.25) is 5.02 Å². The first-order chi connectivity index (χ1) is 11.6. The van der Waals surface area contributed by atoms with Crippen LogP contribution in [0.1, 0.15) is 29.5 Å². The fourth-order valence-corrected chi connectivity index (χ4v) is 4.48. The van der Waals surface area contributed by atoms with Gasteiger partial charge in [-0.25, -0.2) is 0 Å². The Labute approximate surface area is 152 Å². The predicted octanol–water partition coefficient (Wildman–Crippen LogP) is 5.84. The molecule has 0 fully saturated rings. The molecule has 0 radical (unpaired) electrons. The van der Waals surface area contributed by atoms with E-state index in [9.17, 15) is 10.1 Å². The van der Waals surface area contributed by atoms with Crippen LogP contribution < -0.4 is 5.32 Å². The zero-order valence-corrected chi connectivity index (χ0v) is 14.9. The van der Waals surface area contributed by atoms with E-state index in [4.69, 9.17) is 11.6 Å². The highest BCUT2D eigenvalue weighted by molar-refractivity contribution is 9.10. The fourth-order valence-electron chi connectivity index (χ4n) is 3.84. The van der Waals surface area contributed by atoms with E-state index < -0.39 is 0 Å². The average molecular weight is 406 g/mol. The molecule has 0 bridgehead atoms. The molecule has 1 N–H and O–H groups in total. The van der Waals surface area contributed by atoms with Crippen LogP contribution in [0.3, 0.4) is 0 Å². The largest absolute Gasteiger partial charge is 0.376 e. The van der Waals surface area contributed by atoms with Crippen LogP contribution in [-0.2, 0) is 0 Å². The third-order valence-corrected chi connectivity index (χ3v) is 5.66. The number of hydrogen-bond donors (Lipinski definition) is 1. The molecule has 24 heavy (non-hydrogen) atoms. The molecule has 4 rings (SSSR count). The van der Waals surface area contributed by atoms with Crippen molar-refractivity contribution in [3.63, 3.8) is 0 Å². The van der Waals surface area contributed by atoms with Crippen LogP contribution in [0, 0.1) is 16.0 Å². The number of nitro benzene ring substituents is 1. The van der Waals surface area contributed by atoms with E-state index in [0.29, 0.717) is 16.3 Å². The van der Waals surface area contributed by atoms with E-state index >= 15 is 0 Å². The summed E-state index contributed by atoms with van der Waals surface area (Å²) >= 11 is 9.89. The molecule has 0 spiro atoms. The number of nitrogens with zero attached hydrogens (tertiary/aromatic N) is 1. The third-order valence-electron chi connectivity index (χ3n) is 4.85. The summed E-state index contributed by atoms with van der Waals surface area (Å²) in [5.74, 6) is 0.244. The monoisotopic (exact) mass is 404 g/mol. The van der Waals surface area contributed by atoms with Crippen molar-refractivity contribution in [1.82, 2.24) is 0 Å². The normalized spacial score (nSPS) is 24.2. The number of rotatable bonds is 2. The lowest BCUT2D eigenvalue weighted by molar-refractivity contribution is -0.385. The van der Waals surface area contributed by atoms with Gasteiger partial charge in [0.05, 0.1) is 27.2 Å². The molecule has 2 aromatic carbocycles. The number of anilines is 1. The van der Waals surface area contributed by atoms with Crippen LogP contribution in [0.25, 0.3) is 0 Å². The molecule has 2 aliphatic rings. The minimum Gasteiger partial charge on any atom is -0.376 e. The summed E-state index contributed by atoms with van der Waals surface area (Å²) in [6, 6.07) is 11.3. The quantitative estimate of drug-likeness (QED) is 0.388. The second-order valence-electron chi connectivity index (χ2n) is 6.14. The number of hydrogen-bond acceptors (Lipinski definition) is 3. The Bertz CT molecular complexity index is 868. The first-order valence-corrected chi connectivity index (χ1v) is 8.89. The van der Waals surface area contributed by atoms with Crippen molar-refractivity contribution in [3.8, 4) is 0 Å². The minimum atomic E-state index is -0.320. The maximum Gasteiger partial charge on any atom is 0.275 e. The molecule has 6 heteroatoms. The van der Waals surface area contributed by atoms with Gasteiger partial charge in [-0.15, -0.1) is 0 Å². The number of allylic oxidation sites excluding steroid dienone is 2. The highest BCUT2D eigenvalue weighted by Crippen LogP contribution is 2.54. The molecule has 1 aliphatic heterocycles. The number of halogens is 2. The maximum absolute atomic E-state index is 11.5. The molecule has 4 nitrogen and oxygen atoms in total. The number of fused-ring (bicyclic) bond motifs is 3. The lowest BCUT2D eigenvalue weighted by Gasteiger charge is -2.37. The van der Waals surface area contributed by atoms with Gasteiger partial charge in [0, 0.05) is 16.5 Å². The second-order valence-corrected chi connectivity index (χ2v) is 7.47. The average Bonchev–Trinajstić information content (AvgIpc) is 3.04. The van der Waals surface area contributed by atoms with Crippen LogP contribution >= 0.6 is 27.5 Å². The summed E-state index contributed by atoms with van der Waals surface area (Å²) in [7, 11) is 0. The molecular weight excluding hydrogens is 392 g/mol. The second kappa shape index (κ2) is 5.90. The van der Waals surface area contributed by atoms with Crippen molar-refractivity contribution < 1.29 is 4.92 Å². The van der Waals surface area contributed by atoms with Crippen molar-refractivity contribution in [2.45, 2.75) is 18.4 Å². The van der Waals surface area contributed by atoms with Gasteiger partial charge in [-0.3, -0.25) is 10.1 Å². The van der Waals surface area contributed by atoms with Crippen LogP contribution in [-0.4, -0.2) is 4.92 Å². The van der Waals surface area contributed by atoms with E-state index in [1.807, 2.05) is 12.1 Å².